The molecule has 3 aliphatic carbocycles. The second kappa shape index (κ2) is 11.0. The molecule has 0 bridgehead atoms. The summed E-state index contributed by atoms with van der Waals surface area (Å²) in [6.45, 7) is 7.21. The minimum absolute atomic E-state index is 0.0132. The Kier molecular flexibility index (Phi) is 6.40. The molecule has 0 saturated heterocycles. The van der Waals surface area contributed by atoms with E-state index in [1.165, 1.54) is 75.5 Å². The summed E-state index contributed by atoms with van der Waals surface area (Å²) in [7, 11) is 0. The molecule has 2 atom stereocenters. The molecule has 2 aromatic heterocycles. The van der Waals surface area contributed by atoms with E-state index in [2.05, 4.69) is 158 Å². The van der Waals surface area contributed by atoms with Crippen LogP contribution in [0.25, 0.3) is 48.4 Å². The number of fused-ring (bicyclic) bond motifs is 8. The molecular weight excluding hydrogens is 651 g/mol. The second-order valence-electron chi connectivity index (χ2n) is 15.6. The van der Waals surface area contributed by atoms with Crippen molar-refractivity contribution in [2.45, 2.75) is 46.1 Å². The van der Waals surface area contributed by atoms with Crippen molar-refractivity contribution in [2.24, 2.45) is 16.3 Å². The maximum Gasteiger partial charge on any atom is 0.130 e. The summed E-state index contributed by atoms with van der Waals surface area (Å²) in [4.78, 5) is 5.66. The molecule has 0 saturated carbocycles. The van der Waals surface area contributed by atoms with Gasteiger partial charge in [0.25, 0.3) is 0 Å². The van der Waals surface area contributed by atoms with Crippen LogP contribution in [-0.2, 0) is 0 Å². The van der Waals surface area contributed by atoms with Crippen molar-refractivity contribution in [1.29, 1.82) is 0 Å². The molecule has 52 heavy (non-hydrogen) atoms. The molecule has 2 unspecified atom stereocenters. The number of hydrogen-bond acceptors (Lipinski definition) is 3. The standard InChI is InChI=1S/C48H39N3S/c1-28-24-37-33-14-6-9-17-39(33)48(2,3)40(37)27-36(28)46-49-45(44-35-16-8-11-19-43(35)52-47(44)50-46)29-20-22-32(23-21-29)51-41-18-10-7-15-34(41)38-25-30-12-4-5-13-31(30)26-42(38)51/h4-5,7-13,15-23,25-28,45H,6,14,24H2,1-3H3,(H,49,50). The van der Waals surface area contributed by atoms with Gasteiger partial charge in [0, 0.05) is 37.5 Å². The predicted octanol–water partition coefficient (Wildman–Crippen LogP) is 13.0. The number of aromatic nitrogens is 1. The van der Waals surface area contributed by atoms with E-state index < -0.39 is 0 Å². The number of nitrogens with zero attached hydrogens (tertiary/aromatic N) is 2. The third kappa shape index (κ3) is 4.28. The number of rotatable bonds is 3. The first-order valence-electron chi connectivity index (χ1n) is 18.7. The van der Waals surface area contributed by atoms with Crippen LogP contribution in [-0.4, -0.2) is 10.4 Å². The lowest BCUT2D eigenvalue weighted by Gasteiger charge is -2.32. The molecule has 0 spiro atoms. The number of anilines is 1. The summed E-state index contributed by atoms with van der Waals surface area (Å²) < 4.78 is 3.72. The zero-order valence-electron chi connectivity index (χ0n) is 29.7. The SMILES string of the molecule is CC1CC2=C(C=C1C1=NC(c3ccc(-n4c5ccccc5c5cc6ccccc6cc54)cc3)c3c(sc4ccccc34)N1)C(C)(C)C1=C2CCC=C1. The van der Waals surface area contributed by atoms with Crippen LogP contribution in [0.5, 0.6) is 0 Å². The Hall–Kier alpha value is -5.45. The molecule has 252 valence electrons. The number of nitrogens with one attached hydrogen (secondary N) is 1. The van der Waals surface area contributed by atoms with Gasteiger partial charge in [0.2, 0.25) is 0 Å². The summed E-state index contributed by atoms with van der Waals surface area (Å²) in [5, 5.41) is 11.5. The van der Waals surface area contributed by atoms with Gasteiger partial charge in [-0.05, 0) is 106 Å². The third-order valence-electron chi connectivity index (χ3n) is 12.2. The van der Waals surface area contributed by atoms with E-state index in [0.29, 0.717) is 5.92 Å². The summed E-state index contributed by atoms with van der Waals surface area (Å²) in [5.41, 5.74) is 13.7. The van der Waals surface area contributed by atoms with E-state index >= 15 is 0 Å². The normalized spacial score (nSPS) is 20.7. The Balaban J connectivity index is 1.05. The molecule has 4 heteroatoms. The van der Waals surface area contributed by atoms with Gasteiger partial charge in [-0.25, -0.2) is 0 Å². The minimum Gasteiger partial charge on any atom is -0.332 e. The summed E-state index contributed by atoms with van der Waals surface area (Å²) in [5.74, 6) is 1.40. The van der Waals surface area contributed by atoms with Gasteiger partial charge in [0.05, 0.1) is 11.0 Å². The highest BCUT2D eigenvalue weighted by Crippen LogP contribution is 2.55. The maximum atomic E-state index is 5.66. The number of allylic oxidation sites excluding steroid dienone is 7. The zero-order valence-corrected chi connectivity index (χ0v) is 30.5. The van der Waals surface area contributed by atoms with Crippen LogP contribution in [0.1, 0.15) is 57.2 Å². The van der Waals surface area contributed by atoms with E-state index in [4.69, 9.17) is 4.99 Å². The molecule has 11 rings (SSSR count). The van der Waals surface area contributed by atoms with Gasteiger partial charge in [-0.15, -0.1) is 11.3 Å². The lowest BCUT2D eigenvalue weighted by Crippen LogP contribution is -2.27. The second-order valence-corrected chi connectivity index (χ2v) is 16.6. The molecule has 5 aromatic carbocycles. The van der Waals surface area contributed by atoms with Crippen molar-refractivity contribution in [3.8, 4) is 5.69 Å². The van der Waals surface area contributed by atoms with Crippen LogP contribution in [0.4, 0.5) is 5.00 Å². The average Bonchev–Trinajstić information content (AvgIpc) is 3.78. The van der Waals surface area contributed by atoms with E-state index in [0.717, 1.165) is 30.8 Å². The number of thiophene rings is 1. The number of para-hydroxylation sites is 1. The first-order valence-corrected chi connectivity index (χ1v) is 19.5. The first-order chi connectivity index (χ1) is 25.4. The number of amidine groups is 1. The zero-order chi connectivity index (χ0) is 34.7. The van der Waals surface area contributed by atoms with Crippen LogP contribution in [0.2, 0.25) is 0 Å². The highest BCUT2D eigenvalue weighted by molar-refractivity contribution is 7.23. The third-order valence-corrected chi connectivity index (χ3v) is 13.3. The molecule has 0 fully saturated rings. The molecule has 0 amide bonds. The molecule has 1 N–H and O–H groups in total. The van der Waals surface area contributed by atoms with Crippen molar-refractivity contribution < 1.29 is 0 Å². The largest absolute Gasteiger partial charge is 0.332 e. The quantitative estimate of drug-likeness (QED) is 0.197. The first kappa shape index (κ1) is 30.2. The topological polar surface area (TPSA) is 29.3 Å². The molecule has 4 aliphatic rings. The van der Waals surface area contributed by atoms with Crippen LogP contribution >= 0.6 is 11.3 Å². The lowest BCUT2D eigenvalue weighted by atomic mass is 9.75. The summed E-state index contributed by atoms with van der Waals surface area (Å²) >= 11 is 1.85. The molecule has 3 nitrogen and oxygen atoms in total. The van der Waals surface area contributed by atoms with Gasteiger partial charge in [0.1, 0.15) is 16.9 Å². The van der Waals surface area contributed by atoms with Crippen LogP contribution in [0.3, 0.4) is 0 Å². The van der Waals surface area contributed by atoms with E-state index in [-0.39, 0.29) is 11.5 Å². The Morgan fingerprint density at radius 3 is 2.37 bits per heavy atom. The fourth-order valence-electron chi connectivity index (χ4n) is 9.65. The highest BCUT2D eigenvalue weighted by Gasteiger charge is 2.42. The van der Waals surface area contributed by atoms with Gasteiger partial charge in [-0.2, -0.15) is 0 Å². The van der Waals surface area contributed by atoms with Crippen molar-refractivity contribution >= 4 is 64.8 Å². The molecular formula is C48H39N3S. The average molecular weight is 690 g/mol. The van der Waals surface area contributed by atoms with Gasteiger partial charge < -0.3 is 9.88 Å². The Morgan fingerprint density at radius 1 is 0.769 bits per heavy atom. The van der Waals surface area contributed by atoms with Gasteiger partial charge in [-0.1, -0.05) is 112 Å². The number of aliphatic imine (C=N–C) groups is 1. The van der Waals surface area contributed by atoms with E-state index in [1.54, 1.807) is 11.1 Å². The predicted molar refractivity (Wildman–Crippen MR) is 221 cm³/mol. The summed E-state index contributed by atoms with van der Waals surface area (Å²) in [6.07, 6.45) is 10.7. The van der Waals surface area contributed by atoms with Crippen LogP contribution < -0.4 is 5.32 Å². The monoisotopic (exact) mass is 689 g/mol. The van der Waals surface area contributed by atoms with Gasteiger partial charge >= 0.3 is 0 Å². The van der Waals surface area contributed by atoms with Crippen molar-refractivity contribution in [1.82, 2.24) is 4.57 Å². The molecule has 3 heterocycles. The van der Waals surface area contributed by atoms with Gasteiger partial charge in [0.15, 0.2) is 0 Å². The highest BCUT2D eigenvalue weighted by atomic mass is 32.1. The fraction of sp³-hybridized carbons (Fsp3) is 0.188. The van der Waals surface area contributed by atoms with Crippen molar-refractivity contribution in [2.75, 3.05) is 5.32 Å². The molecule has 1 aliphatic heterocycles. The van der Waals surface area contributed by atoms with E-state index in [9.17, 15) is 0 Å². The molecule has 0 radical (unpaired) electrons. The van der Waals surface area contributed by atoms with Crippen LogP contribution in [0, 0.1) is 11.3 Å². The fourth-order valence-corrected chi connectivity index (χ4v) is 10.8. The number of benzene rings is 5. The number of hydrogen-bond donors (Lipinski definition) is 1. The van der Waals surface area contributed by atoms with Crippen molar-refractivity contribution in [3.05, 3.63) is 166 Å². The Bertz CT molecular complexity index is 2830. The minimum atomic E-state index is -0.104. The Morgan fingerprint density at radius 2 is 1.52 bits per heavy atom. The molecule has 7 aromatic rings. The smallest absolute Gasteiger partial charge is 0.130 e. The Labute approximate surface area is 308 Å². The lowest BCUT2D eigenvalue weighted by molar-refractivity contribution is 0.560. The maximum absolute atomic E-state index is 5.66. The summed E-state index contributed by atoms with van der Waals surface area (Å²) in [6, 6.07) is 40.1. The van der Waals surface area contributed by atoms with Crippen molar-refractivity contribution in [3.63, 3.8) is 0 Å². The van der Waals surface area contributed by atoms with Crippen LogP contribution in [0.15, 0.2) is 160 Å². The van der Waals surface area contributed by atoms with E-state index in [1.807, 2.05) is 11.3 Å². The van der Waals surface area contributed by atoms with Gasteiger partial charge in [-0.3, -0.25) is 4.99 Å².